The van der Waals surface area contributed by atoms with E-state index in [4.69, 9.17) is 0 Å². The van der Waals surface area contributed by atoms with Crippen LogP contribution in [0.1, 0.15) is 25.7 Å². The lowest BCUT2D eigenvalue weighted by molar-refractivity contribution is -0.125. The Morgan fingerprint density at radius 1 is 1.37 bits per heavy atom. The molecule has 102 valence electrons. The molecule has 6 nitrogen and oxygen atoms in total. The minimum atomic E-state index is -0.177. The Kier molecular flexibility index (Phi) is 4.11. The van der Waals surface area contributed by atoms with Crippen LogP contribution in [0.3, 0.4) is 0 Å². The van der Waals surface area contributed by atoms with Gasteiger partial charge in [-0.3, -0.25) is 9.20 Å². The lowest BCUT2D eigenvalue weighted by Gasteiger charge is -2.16. The van der Waals surface area contributed by atoms with Crippen LogP contribution < -0.4 is 10.6 Å². The van der Waals surface area contributed by atoms with Gasteiger partial charge in [-0.25, -0.2) is 0 Å². The first-order valence-corrected chi connectivity index (χ1v) is 6.38. The van der Waals surface area contributed by atoms with Crippen LogP contribution in [0.15, 0.2) is 24.4 Å². The lowest BCUT2D eigenvalue weighted by atomic mass is 10.1. The molecule has 0 aliphatic rings. The predicted molar refractivity (Wildman–Crippen MR) is 72.6 cm³/mol. The highest BCUT2D eigenvalue weighted by Crippen LogP contribution is 2.12. The van der Waals surface area contributed by atoms with Crippen molar-refractivity contribution in [1.82, 2.24) is 25.2 Å². The maximum Gasteiger partial charge on any atom is 0.224 e. The molecule has 0 aliphatic carbocycles. The summed E-state index contributed by atoms with van der Waals surface area (Å²) in [6.07, 6.45) is 1.89. The monoisotopic (exact) mass is 261 g/mol. The fourth-order valence-electron chi connectivity index (χ4n) is 1.97. The van der Waals surface area contributed by atoms with Crippen LogP contribution in [0.5, 0.6) is 0 Å². The number of hydrogen-bond acceptors (Lipinski definition) is 4. The SMILES string of the molecule is CNCC(C)C(=O)NC(C)c1nnc2ccccn12. The second-order valence-corrected chi connectivity index (χ2v) is 4.68. The van der Waals surface area contributed by atoms with Gasteiger partial charge in [-0.15, -0.1) is 10.2 Å². The van der Waals surface area contributed by atoms with Gasteiger partial charge in [0, 0.05) is 18.7 Å². The largest absolute Gasteiger partial charge is 0.346 e. The third kappa shape index (κ3) is 2.90. The molecule has 2 aromatic heterocycles. The van der Waals surface area contributed by atoms with Gasteiger partial charge >= 0.3 is 0 Å². The van der Waals surface area contributed by atoms with Gasteiger partial charge in [0.25, 0.3) is 0 Å². The Bertz CT molecular complexity index is 565. The van der Waals surface area contributed by atoms with Crippen LogP contribution in [0.2, 0.25) is 0 Å². The van der Waals surface area contributed by atoms with Crippen molar-refractivity contribution < 1.29 is 4.79 Å². The maximum atomic E-state index is 12.0. The van der Waals surface area contributed by atoms with E-state index in [0.717, 1.165) is 11.5 Å². The smallest absolute Gasteiger partial charge is 0.224 e. The Labute approximate surface area is 112 Å². The molecule has 0 spiro atoms. The normalized spacial score (nSPS) is 14.3. The van der Waals surface area contributed by atoms with Crippen molar-refractivity contribution in [3.63, 3.8) is 0 Å². The molecule has 2 N–H and O–H groups in total. The molecule has 0 aromatic carbocycles. The van der Waals surface area contributed by atoms with Crippen molar-refractivity contribution in [2.45, 2.75) is 19.9 Å². The molecule has 0 bridgehead atoms. The number of aromatic nitrogens is 3. The van der Waals surface area contributed by atoms with Crippen molar-refractivity contribution >= 4 is 11.6 Å². The second-order valence-electron chi connectivity index (χ2n) is 4.68. The van der Waals surface area contributed by atoms with Gasteiger partial charge < -0.3 is 10.6 Å². The molecule has 2 rings (SSSR count). The molecule has 2 unspecified atom stereocenters. The van der Waals surface area contributed by atoms with E-state index in [0.29, 0.717) is 6.54 Å². The summed E-state index contributed by atoms with van der Waals surface area (Å²) in [5.74, 6) is 0.668. The molecule has 2 aromatic rings. The molecule has 6 heteroatoms. The molecule has 0 aliphatic heterocycles. The molecule has 2 heterocycles. The number of carbonyl (C=O) groups excluding carboxylic acids is 1. The zero-order chi connectivity index (χ0) is 13.8. The number of pyridine rings is 1. The molecule has 0 saturated heterocycles. The van der Waals surface area contributed by atoms with Crippen LogP contribution in [0.4, 0.5) is 0 Å². The van der Waals surface area contributed by atoms with E-state index in [1.54, 1.807) is 0 Å². The first kappa shape index (κ1) is 13.5. The van der Waals surface area contributed by atoms with Crippen LogP contribution >= 0.6 is 0 Å². The van der Waals surface area contributed by atoms with Crippen LogP contribution in [-0.2, 0) is 4.79 Å². The van der Waals surface area contributed by atoms with Crippen molar-refractivity contribution in [2.24, 2.45) is 5.92 Å². The Balaban J connectivity index is 2.12. The van der Waals surface area contributed by atoms with E-state index >= 15 is 0 Å². The first-order valence-electron chi connectivity index (χ1n) is 6.38. The van der Waals surface area contributed by atoms with Crippen LogP contribution in [0.25, 0.3) is 5.65 Å². The third-order valence-corrected chi connectivity index (χ3v) is 3.04. The summed E-state index contributed by atoms with van der Waals surface area (Å²) in [6.45, 7) is 4.45. The molecular weight excluding hydrogens is 242 g/mol. The summed E-state index contributed by atoms with van der Waals surface area (Å²) >= 11 is 0. The van der Waals surface area contributed by atoms with Crippen molar-refractivity contribution in [1.29, 1.82) is 0 Å². The number of rotatable bonds is 5. The number of nitrogens with zero attached hydrogens (tertiary/aromatic N) is 3. The number of amides is 1. The molecule has 0 fully saturated rings. The van der Waals surface area contributed by atoms with E-state index in [2.05, 4.69) is 20.8 Å². The zero-order valence-corrected chi connectivity index (χ0v) is 11.4. The summed E-state index contributed by atoms with van der Waals surface area (Å²) in [7, 11) is 1.83. The van der Waals surface area contributed by atoms with Crippen molar-refractivity contribution in [2.75, 3.05) is 13.6 Å². The Morgan fingerprint density at radius 2 is 2.16 bits per heavy atom. The van der Waals surface area contributed by atoms with E-state index in [9.17, 15) is 4.79 Å². The molecule has 0 radical (unpaired) electrons. The van der Waals surface area contributed by atoms with Gasteiger partial charge in [-0.2, -0.15) is 0 Å². The van der Waals surface area contributed by atoms with Gasteiger partial charge in [0.05, 0.1) is 6.04 Å². The van der Waals surface area contributed by atoms with Crippen molar-refractivity contribution in [3.8, 4) is 0 Å². The lowest BCUT2D eigenvalue weighted by Crippen LogP contribution is -2.36. The average Bonchev–Trinajstić information content (AvgIpc) is 2.82. The van der Waals surface area contributed by atoms with Crippen LogP contribution in [0, 0.1) is 5.92 Å². The summed E-state index contributed by atoms with van der Waals surface area (Å²) in [5, 5.41) is 14.2. The number of carbonyl (C=O) groups is 1. The number of hydrogen-bond donors (Lipinski definition) is 2. The fraction of sp³-hybridized carbons (Fsp3) is 0.462. The third-order valence-electron chi connectivity index (χ3n) is 3.04. The summed E-state index contributed by atoms with van der Waals surface area (Å²) in [5.41, 5.74) is 0.780. The topological polar surface area (TPSA) is 71.3 Å². The number of fused-ring (bicyclic) bond motifs is 1. The minimum Gasteiger partial charge on any atom is -0.346 e. The Hall–Kier alpha value is -1.95. The molecular formula is C13H19N5O. The van der Waals surface area contributed by atoms with E-state index in [-0.39, 0.29) is 17.9 Å². The predicted octanol–water partition coefficient (Wildman–Crippen LogP) is 0.762. The zero-order valence-electron chi connectivity index (χ0n) is 11.4. The Morgan fingerprint density at radius 3 is 2.89 bits per heavy atom. The maximum absolute atomic E-state index is 12.0. The second kappa shape index (κ2) is 5.79. The van der Waals surface area contributed by atoms with E-state index < -0.39 is 0 Å². The number of nitrogens with one attached hydrogen (secondary N) is 2. The van der Waals surface area contributed by atoms with Gasteiger partial charge in [0.15, 0.2) is 11.5 Å². The summed E-state index contributed by atoms with van der Waals surface area (Å²) in [6, 6.07) is 5.53. The average molecular weight is 261 g/mol. The molecule has 1 amide bonds. The standard InChI is InChI=1S/C13H19N5O/c1-9(8-14-3)13(19)15-10(2)12-17-16-11-6-4-5-7-18(11)12/h4-7,9-10,14H,8H2,1-3H3,(H,15,19). The quantitative estimate of drug-likeness (QED) is 0.833. The molecule has 2 atom stereocenters. The highest BCUT2D eigenvalue weighted by Gasteiger charge is 2.18. The van der Waals surface area contributed by atoms with Gasteiger partial charge in [0.2, 0.25) is 5.91 Å². The van der Waals surface area contributed by atoms with Crippen LogP contribution in [-0.4, -0.2) is 34.1 Å². The van der Waals surface area contributed by atoms with Gasteiger partial charge in [0.1, 0.15) is 0 Å². The molecule has 0 saturated carbocycles. The van der Waals surface area contributed by atoms with Crippen molar-refractivity contribution in [3.05, 3.63) is 30.2 Å². The first-order chi connectivity index (χ1) is 9.13. The minimum absolute atomic E-state index is 0.00883. The summed E-state index contributed by atoms with van der Waals surface area (Å²) in [4.78, 5) is 12.0. The molecule has 19 heavy (non-hydrogen) atoms. The fourth-order valence-corrected chi connectivity index (χ4v) is 1.97. The van der Waals surface area contributed by atoms with Gasteiger partial charge in [-0.05, 0) is 26.1 Å². The van der Waals surface area contributed by atoms with E-state index in [1.165, 1.54) is 0 Å². The highest BCUT2D eigenvalue weighted by atomic mass is 16.1. The summed E-state index contributed by atoms with van der Waals surface area (Å²) < 4.78 is 1.88. The highest BCUT2D eigenvalue weighted by molar-refractivity contribution is 5.78. The van der Waals surface area contributed by atoms with Gasteiger partial charge in [-0.1, -0.05) is 13.0 Å². The van der Waals surface area contributed by atoms with E-state index in [1.807, 2.05) is 49.7 Å².